The molecule has 1 rings (SSSR count). The average molecular weight is 317 g/mol. The second-order valence-corrected chi connectivity index (χ2v) is 6.48. The van der Waals surface area contributed by atoms with Gasteiger partial charge in [-0.2, -0.15) is 11.8 Å². The number of halogens is 1. The van der Waals surface area contributed by atoms with E-state index in [9.17, 15) is 9.18 Å². The van der Waals surface area contributed by atoms with Gasteiger partial charge in [0.25, 0.3) is 0 Å². The lowest BCUT2D eigenvalue weighted by Crippen LogP contribution is -2.26. The molecule has 3 nitrogen and oxygen atoms in total. The highest BCUT2D eigenvalue weighted by Crippen LogP contribution is 2.18. The zero-order valence-electron chi connectivity index (χ0n) is 11.3. The van der Waals surface area contributed by atoms with Crippen LogP contribution in [0.3, 0.4) is 0 Å². The second kappa shape index (κ2) is 11.0. The van der Waals surface area contributed by atoms with Gasteiger partial charge in [0.1, 0.15) is 5.82 Å². The summed E-state index contributed by atoms with van der Waals surface area (Å²) < 4.78 is 12.7. The summed E-state index contributed by atoms with van der Waals surface area (Å²) in [6.07, 6.45) is 1.26. The number of rotatable bonds is 10. The Morgan fingerprint density at radius 2 is 1.95 bits per heavy atom. The Hall–Kier alpha value is -0.720. The fourth-order valence-electron chi connectivity index (χ4n) is 1.41. The van der Waals surface area contributed by atoms with Crippen LogP contribution in [-0.2, 0) is 4.79 Å². The van der Waals surface area contributed by atoms with E-state index in [1.165, 1.54) is 12.1 Å². The van der Waals surface area contributed by atoms with Crippen LogP contribution in [-0.4, -0.2) is 41.4 Å². The Morgan fingerprint density at radius 3 is 2.65 bits per heavy atom. The summed E-state index contributed by atoms with van der Waals surface area (Å²) in [6, 6.07) is 6.28. The van der Waals surface area contributed by atoms with Crippen molar-refractivity contribution in [3.63, 3.8) is 0 Å². The lowest BCUT2D eigenvalue weighted by molar-refractivity contribution is -0.120. The molecule has 2 N–H and O–H groups in total. The fraction of sp³-hybridized carbons (Fsp3) is 0.500. The van der Waals surface area contributed by atoms with Gasteiger partial charge in [-0.25, -0.2) is 4.39 Å². The van der Waals surface area contributed by atoms with Crippen molar-refractivity contribution in [3.8, 4) is 0 Å². The summed E-state index contributed by atoms with van der Waals surface area (Å²) in [6.45, 7) is 0.885. The Kier molecular flexibility index (Phi) is 9.53. The first kappa shape index (κ1) is 17.3. The molecule has 1 aromatic rings. The van der Waals surface area contributed by atoms with Crippen molar-refractivity contribution in [2.75, 3.05) is 30.4 Å². The van der Waals surface area contributed by atoms with Crippen LogP contribution in [0.1, 0.15) is 12.8 Å². The molecule has 0 heterocycles. The van der Waals surface area contributed by atoms with Gasteiger partial charge in [0.15, 0.2) is 0 Å². The summed E-state index contributed by atoms with van der Waals surface area (Å²) in [7, 11) is 0. The van der Waals surface area contributed by atoms with E-state index < -0.39 is 0 Å². The molecule has 0 fully saturated rings. The summed E-state index contributed by atoms with van der Waals surface area (Å²) in [5.74, 6) is 2.28. The van der Waals surface area contributed by atoms with Crippen LogP contribution < -0.4 is 5.32 Å². The Bertz CT molecular complexity index is 387. The Balaban J connectivity index is 2.01. The van der Waals surface area contributed by atoms with Gasteiger partial charge in [-0.3, -0.25) is 4.79 Å². The van der Waals surface area contributed by atoms with E-state index in [-0.39, 0.29) is 18.3 Å². The number of amides is 1. The third-order valence-electron chi connectivity index (χ3n) is 2.43. The Morgan fingerprint density at radius 1 is 1.20 bits per heavy atom. The highest BCUT2D eigenvalue weighted by Gasteiger charge is 2.02. The summed E-state index contributed by atoms with van der Waals surface area (Å²) in [5, 5.41) is 11.5. The molecule has 0 bridgehead atoms. The van der Waals surface area contributed by atoms with Crippen molar-refractivity contribution in [3.05, 3.63) is 30.1 Å². The van der Waals surface area contributed by atoms with E-state index in [4.69, 9.17) is 5.11 Å². The van der Waals surface area contributed by atoms with E-state index in [2.05, 4.69) is 5.32 Å². The van der Waals surface area contributed by atoms with E-state index in [0.717, 1.165) is 22.8 Å². The monoisotopic (exact) mass is 317 g/mol. The number of carbonyl (C=O) groups is 1. The minimum absolute atomic E-state index is 0.0439. The minimum atomic E-state index is -0.245. The molecule has 0 radical (unpaired) electrons. The first-order valence-corrected chi connectivity index (χ1v) is 8.70. The van der Waals surface area contributed by atoms with Gasteiger partial charge in [0, 0.05) is 36.0 Å². The van der Waals surface area contributed by atoms with Gasteiger partial charge in [-0.15, -0.1) is 11.8 Å². The number of hydrogen-bond acceptors (Lipinski definition) is 4. The molecule has 0 saturated carbocycles. The van der Waals surface area contributed by atoms with Gasteiger partial charge in [-0.05, 0) is 36.4 Å². The molecule has 0 aromatic heterocycles. The van der Waals surface area contributed by atoms with Crippen molar-refractivity contribution < 1.29 is 14.3 Å². The minimum Gasteiger partial charge on any atom is -0.396 e. The molecule has 112 valence electrons. The molecule has 1 amide bonds. The quantitative estimate of drug-likeness (QED) is 0.514. The third kappa shape index (κ3) is 8.45. The van der Waals surface area contributed by atoms with Gasteiger partial charge < -0.3 is 10.4 Å². The standard InChI is InChI=1S/C14H20FNO2S2/c15-12-2-4-13(5-3-12)20-10-6-14(18)16-7-11-19-9-1-8-17/h2-5,17H,1,6-11H2,(H,16,18). The lowest BCUT2D eigenvalue weighted by Gasteiger charge is -2.05. The summed E-state index contributed by atoms with van der Waals surface area (Å²) in [5.41, 5.74) is 0. The molecule has 0 aliphatic carbocycles. The fourth-order valence-corrected chi connectivity index (χ4v) is 3.05. The molecule has 0 saturated heterocycles. The molecule has 0 aliphatic rings. The number of aliphatic hydroxyl groups is 1. The number of thioether (sulfide) groups is 2. The summed E-state index contributed by atoms with van der Waals surface area (Å²) >= 11 is 3.27. The van der Waals surface area contributed by atoms with Crippen molar-refractivity contribution in [1.29, 1.82) is 0 Å². The van der Waals surface area contributed by atoms with Crippen LogP contribution >= 0.6 is 23.5 Å². The maximum Gasteiger partial charge on any atom is 0.220 e. The number of aliphatic hydroxyl groups excluding tert-OH is 1. The van der Waals surface area contributed by atoms with Gasteiger partial charge in [-0.1, -0.05) is 0 Å². The number of carbonyl (C=O) groups excluding carboxylic acids is 1. The third-order valence-corrected chi connectivity index (χ3v) is 4.51. The molecule has 0 unspecified atom stereocenters. The zero-order chi connectivity index (χ0) is 14.6. The van der Waals surface area contributed by atoms with E-state index in [0.29, 0.717) is 18.7 Å². The lowest BCUT2D eigenvalue weighted by atomic mass is 10.4. The highest BCUT2D eigenvalue weighted by molar-refractivity contribution is 7.99. The Labute approximate surface area is 127 Å². The number of hydrogen-bond donors (Lipinski definition) is 2. The summed E-state index contributed by atoms with van der Waals surface area (Å²) in [4.78, 5) is 12.5. The largest absolute Gasteiger partial charge is 0.396 e. The molecule has 1 aromatic carbocycles. The average Bonchev–Trinajstić information content (AvgIpc) is 2.45. The number of benzene rings is 1. The first-order chi connectivity index (χ1) is 9.72. The van der Waals surface area contributed by atoms with Crippen molar-refractivity contribution >= 4 is 29.4 Å². The van der Waals surface area contributed by atoms with Crippen LogP contribution in [0.2, 0.25) is 0 Å². The van der Waals surface area contributed by atoms with E-state index in [1.54, 1.807) is 35.7 Å². The smallest absolute Gasteiger partial charge is 0.220 e. The van der Waals surface area contributed by atoms with Crippen LogP contribution in [0, 0.1) is 5.82 Å². The predicted octanol–water partition coefficient (Wildman–Crippen LogP) is 2.54. The molecule has 0 aliphatic heterocycles. The van der Waals surface area contributed by atoms with Crippen LogP contribution in [0.4, 0.5) is 4.39 Å². The SMILES string of the molecule is O=C(CCSc1ccc(F)cc1)NCCSCCCO. The molecule has 0 atom stereocenters. The molecular weight excluding hydrogens is 297 g/mol. The van der Waals surface area contributed by atoms with Crippen LogP contribution in [0.15, 0.2) is 29.2 Å². The second-order valence-electron chi connectivity index (χ2n) is 4.09. The number of nitrogens with one attached hydrogen (secondary N) is 1. The topological polar surface area (TPSA) is 49.3 Å². The van der Waals surface area contributed by atoms with Crippen LogP contribution in [0.5, 0.6) is 0 Å². The molecule has 0 spiro atoms. The molecule has 20 heavy (non-hydrogen) atoms. The highest BCUT2D eigenvalue weighted by atomic mass is 32.2. The zero-order valence-corrected chi connectivity index (χ0v) is 12.9. The van der Waals surface area contributed by atoms with E-state index >= 15 is 0 Å². The van der Waals surface area contributed by atoms with E-state index in [1.807, 2.05) is 0 Å². The van der Waals surface area contributed by atoms with Gasteiger partial charge >= 0.3 is 0 Å². The maximum atomic E-state index is 12.7. The van der Waals surface area contributed by atoms with Crippen LogP contribution in [0.25, 0.3) is 0 Å². The van der Waals surface area contributed by atoms with Crippen molar-refractivity contribution in [1.82, 2.24) is 5.32 Å². The van der Waals surface area contributed by atoms with Crippen molar-refractivity contribution in [2.45, 2.75) is 17.7 Å². The molecule has 6 heteroatoms. The normalized spacial score (nSPS) is 10.5. The van der Waals surface area contributed by atoms with Gasteiger partial charge in [0.2, 0.25) is 5.91 Å². The maximum absolute atomic E-state index is 12.7. The predicted molar refractivity (Wildman–Crippen MR) is 83.8 cm³/mol. The van der Waals surface area contributed by atoms with Crippen molar-refractivity contribution in [2.24, 2.45) is 0 Å². The first-order valence-electron chi connectivity index (χ1n) is 6.56. The van der Waals surface area contributed by atoms with Gasteiger partial charge in [0.05, 0.1) is 0 Å². The molecular formula is C14H20FNO2S2.